The molecular weight excluding hydrogens is 342 g/mol. The number of hydrogen-bond acceptors (Lipinski definition) is 4. The summed E-state index contributed by atoms with van der Waals surface area (Å²) in [5, 5.41) is 11.1. The van der Waals surface area contributed by atoms with E-state index in [4.69, 9.17) is 5.73 Å². The van der Waals surface area contributed by atoms with Gasteiger partial charge < -0.3 is 10.6 Å². The molecular formula is C18H22ClN3O3. The molecule has 2 aromatic carbocycles. The number of para-hydroxylation sites is 1. The quantitative estimate of drug-likeness (QED) is 0.629. The standard InChI is InChI=1S/C18H21N3O3.ClH/c1-13(17(19)14-8-4-3-5-9-14)18(22)20(2)12-15-10-6-7-11-16(15)21(23)24;/h3-11,13,17H,12,19H2,1-2H3;1H. The van der Waals surface area contributed by atoms with Crippen molar-refractivity contribution in [2.24, 2.45) is 11.7 Å². The zero-order valence-corrected chi connectivity index (χ0v) is 15.0. The summed E-state index contributed by atoms with van der Waals surface area (Å²) in [5.74, 6) is -0.579. The van der Waals surface area contributed by atoms with Gasteiger partial charge in [-0.3, -0.25) is 14.9 Å². The van der Waals surface area contributed by atoms with Crippen LogP contribution in [0, 0.1) is 16.0 Å². The lowest BCUT2D eigenvalue weighted by Gasteiger charge is -2.25. The highest BCUT2D eigenvalue weighted by molar-refractivity contribution is 5.85. The van der Waals surface area contributed by atoms with Gasteiger partial charge in [0.05, 0.1) is 17.4 Å². The number of carbonyl (C=O) groups is 1. The highest BCUT2D eigenvalue weighted by Gasteiger charge is 2.26. The minimum atomic E-state index is -0.438. The maximum absolute atomic E-state index is 12.6. The first kappa shape index (κ1) is 20.6. The Bertz CT molecular complexity index is 725. The molecule has 0 aliphatic heterocycles. The third kappa shape index (κ3) is 5.01. The lowest BCUT2D eigenvalue weighted by molar-refractivity contribution is -0.385. The molecule has 2 N–H and O–H groups in total. The van der Waals surface area contributed by atoms with Gasteiger partial charge in [-0.2, -0.15) is 0 Å². The van der Waals surface area contributed by atoms with Crippen molar-refractivity contribution in [2.45, 2.75) is 19.5 Å². The van der Waals surface area contributed by atoms with Crippen LogP contribution in [0.25, 0.3) is 0 Å². The third-order valence-electron chi connectivity index (χ3n) is 4.08. The number of hydrogen-bond donors (Lipinski definition) is 1. The lowest BCUT2D eigenvalue weighted by atomic mass is 9.94. The van der Waals surface area contributed by atoms with Crippen LogP contribution in [0.3, 0.4) is 0 Å². The number of nitro benzene ring substituents is 1. The molecule has 25 heavy (non-hydrogen) atoms. The molecule has 0 fully saturated rings. The largest absolute Gasteiger partial charge is 0.341 e. The van der Waals surface area contributed by atoms with Crippen LogP contribution in [0.1, 0.15) is 24.1 Å². The van der Waals surface area contributed by atoms with Gasteiger partial charge in [0.1, 0.15) is 0 Å². The van der Waals surface area contributed by atoms with Crippen molar-refractivity contribution < 1.29 is 9.72 Å². The smallest absolute Gasteiger partial charge is 0.274 e. The number of carbonyl (C=O) groups excluding carboxylic acids is 1. The number of nitrogens with zero attached hydrogens (tertiary/aromatic N) is 2. The van der Waals surface area contributed by atoms with Gasteiger partial charge in [-0.05, 0) is 5.56 Å². The second-order valence-electron chi connectivity index (χ2n) is 5.81. The van der Waals surface area contributed by atoms with Gasteiger partial charge in [-0.15, -0.1) is 12.4 Å². The van der Waals surface area contributed by atoms with Crippen LogP contribution in [-0.2, 0) is 11.3 Å². The summed E-state index contributed by atoms with van der Waals surface area (Å²) in [5.41, 5.74) is 7.59. The van der Waals surface area contributed by atoms with E-state index in [1.807, 2.05) is 30.3 Å². The van der Waals surface area contributed by atoms with Crippen LogP contribution in [0.15, 0.2) is 54.6 Å². The zero-order chi connectivity index (χ0) is 17.7. The molecule has 134 valence electrons. The molecule has 0 aliphatic carbocycles. The third-order valence-corrected chi connectivity index (χ3v) is 4.08. The molecule has 0 bridgehead atoms. The van der Waals surface area contributed by atoms with E-state index >= 15 is 0 Å². The van der Waals surface area contributed by atoms with Crippen LogP contribution in [0.2, 0.25) is 0 Å². The lowest BCUT2D eigenvalue weighted by Crippen LogP contribution is -2.36. The van der Waals surface area contributed by atoms with Crippen LogP contribution < -0.4 is 5.73 Å². The average Bonchev–Trinajstić information content (AvgIpc) is 2.60. The molecule has 6 nitrogen and oxygen atoms in total. The van der Waals surface area contributed by atoms with Gasteiger partial charge in [-0.25, -0.2) is 0 Å². The fourth-order valence-electron chi connectivity index (χ4n) is 2.62. The summed E-state index contributed by atoms with van der Waals surface area (Å²) in [6.45, 7) is 1.94. The summed E-state index contributed by atoms with van der Waals surface area (Å²) < 4.78 is 0. The Morgan fingerprint density at radius 1 is 1.16 bits per heavy atom. The molecule has 0 heterocycles. The Labute approximate surface area is 153 Å². The Morgan fingerprint density at radius 2 is 1.72 bits per heavy atom. The fourth-order valence-corrected chi connectivity index (χ4v) is 2.62. The second-order valence-corrected chi connectivity index (χ2v) is 5.81. The number of nitrogens with two attached hydrogens (primary N) is 1. The SMILES string of the molecule is CC(C(=O)N(C)Cc1ccccc1[N+](=O)[O-])C(N)c1ccccc1.Cl. The zero-order valence-electron chi connectivity index (χ0n) is 14.2. The van der Waals surface area contributed by atoms with Crippen LogP contribution in [-0.4, -0.2) is 22.8 Å². The summed E-state index contributed by atoms with van der Waals surface area (Å²) in [6, 6.07) is 15.4. The van der Waals surface area contributed by atoms with Crippen molar-refractivity contribution in [2.75, 3.05) is 7.05 Å². The van der Waals surface area contributed by atoms with Gasteiger partial charge >= 0.3 is 0 Å². The normalized spacial score (nSPS) is 12.6. The number of amides is 1. The van der Waals surface area contributed by atoms with Gasteiger partial charge in [0, 0.05) is 24.7 Å². The van der Waals surface area contributed by atoms with Crippen molar-refractivity contribution in [3.63, 3.8) is 0 Å². The number of benzene rings is 2. The van der Waals surface area contributed by atoms with Crippen LogP contribution in [0.4, 0.5) is 5.69 Å². The molecule has 0 saturated carbocycles. The van der Waals surface area contributed by atoms with Crippen molar-refractivity contribution >= 4 is 24.0 Å². The Balaban J connectivity index is 0.00000312. The molecule has 2 unspecified atom stereocenters. The molecule has 0 aliphatic rings. The van der Waals surface area contributed by atoms with Crippen LogP contribution in [0.5, 0.6) is 0 Å². The Hall–Kier alpha value is -2.44. The summed E-state index contributed by atoms with van der Waals surface area (Å²) in [6.07, 6.45) is 0. The molecule has 2 aromatic rings. The molecule has 1 amide bonds. The predicted molar refractivity (Wildman–Crippen MR) is 99.4 cm³/mol. The van der Waals surface area contributed by atoms with E-state index in [0.717, 1.165) is 5.56 Å². The predicted octanol–water partition coefficient (Wildman–Crippen LogP) is 3.31. The fraction of sp³-hybridized carbons (Fsp3) is 0.278. The summed E-state index contributed by atoms with van der Waals surface area (Å²) in [4.78, 5) is 24.7. The highest BCUT2D eigenvalue weighted by Crippen LogP contribution is 2.23. The van der Waals surface area contributed by atoms with Crippen molar-refractivity contribution in [3.05, 3.63) is 75.8 Å². The maximum Gasteiger partial charge on any atom is 0.274 e. The molecule has 0 saturated heterocycles. The first-order valence-corrected chi connectivity index (χ1v) is 7.69. The van der Waals surface area contributed by atoms with E-state index in [-0.39, 0.29) is 30.5 Å². The van der Waals surface area contributed by atoms with Crippen molar-refractivity contribution in [1.29, 1.82) is 0 Å². The van der Waals surface area contributed by atoms with Crippen molar-refractivity contribution in [3.8, 4) is 0 Å². The molecule has 0 spiro atoms. The van der Waals surface area contributed by atoms with E-state index in [9.17, 15) is 14.9 Å². The van der Waals surface area contributed by atoms with E-state index in [0.29, 0.717) is 5.56 Å². The molecule has 2 atom stereocenters. The average molecular weight is 364 g/mol. The summed E-state index contributed by atoms with van der Waals surface area (Å²) >= 11 is 0. The van der Waals surface area contributed by atoms with Crippen LogP contribution >= 0.6 is 12.4 Å². The topological polar surface area (TPSA) is 89.5 Å². The number of rotatable bonds is 6. The Kier molecular flexibility index (Phi) is 7.54. The van der Waals surface area contributed by atoms with Gasteiger partial charge in [0.15, 0.2) is 0 Å². The Morgan fingerprint density at radius 3 is 2.32 bits per heavy atom. The minimum absolute atomic E-state index is 0. The monoisotopic (exact) mass is 363 g/mol. The first-order chi connectivity index (χ1) is 11.4. The first-order valence-electron chi connectivity index (χ1n) is 7.69. The maximum atomic E-state index is 12.6. The number of nitro groups is 1. The van der Waals surface area contributed by atoms with E-state index < -0.39 is 16.9 Å². The van der Waals surface area contributed by atoms with E-state index in [2.05, 4.69) is 0 Å². The number of halogens is 1. The second kappa shape index (κ2) is 9.15. The van der Waals surface area contributed by atoms with E-state index in [1.54, 1.807) is 32.2 Å². The molecule has 0 aromatic heterocycles. The van der Waals surface area contributed by atoms with Gasteiger partial charge in [0.25, 0.3) is 5.69 Å². The van der Waals surface area contributed by atoms with E-state index in [1.165, 1.54) is 11.0 Å². The molecule has 0 radical (unpaired) electrons. The highest BCUT2D eigenvalue weighted by atomic mass is 35.5. The molecule has 2 rings (SSSR count). The van der Waals surface area contributed by atoms with Gasteiger partial charge in [0.2, 0.25) is 5.91 Å². The minimum Gasteiger partial charge on any atom is -0.341 e. The summed E-state index contributed by atoms with van der Waals surface area (Å²) in [7, 11) is 1.63. The van der Waals surface area contributed by atoms with Gasteiger partial charge in [-0.1, -0.05) is 55.5 Å². The molecule has 7 heteroatoms. The van der Waals surface area contributed by atoms with Crippen molar-refractivity contribution in [1.82, 2.24) is 4.90 Å².